The van der Waals surface area contributed by atoms with Crippen molar-refractivity contribution < 1.29 is 14.3 Å². The number of carbonyl (C=O) groups excluding carboxylic acids is 1. The van der Waals surface area contributed by atoms with Crippen LogP contribution in [0.15, 0.2) is 36.4 Å². The highest BCUT2D eigenvalue weighted by Crippen LogP contribution is 2.31. The van der Waals surface area contributed by atoms with Crippen molar-refractivity contribution in [3.8, 4) is 11.5 Å². The van der Waals surface area contributed by atoms with Crippen molar-refractivity contribution in [3.63, 3.8) is 0 Å². The van der Waals surface area contributed by atoms with E-state index >= 15 is 0 Å². The lowest BCUT2D eigenvalue weighted by Gasteiger charge is -2.13. The molecule has 2 rings (SSSR count). The summed E-state index contributed by atoms with van der Waals surface area (Å²) in [5.41, 5.74) is 6.97. The van der Waals surface area contributed by atoms with E-state index in [4.69, 9.17) is 26.8 Å². The Morgan fingerprint density at radius 1 is 1.24 bits per heavy atom. The summed E-state index contributed by atoms with van der Waals surface area (Å²) in [6.07, 6.45) is 0. The molecule has 21 heavy (non-hydrogen) atoms. The van der Waals surface area contributed by atoms with Gasteiger partial charge >= 0.3 is 0 Å². The number of ether oxygens (including phenoxy) is 2. The Labute approximate surface area is 128 Å². The molecule has 4 nitrogen and oxygen atoms in total. The second-order valence-corrected chi connectivity index (χ2v) is 4.76. The lowest BCUT2D eigenvalue weighted by Crippen LogP contribution is -2.10. The Balaban J connectivity index is 2.57. The third kappa shape index (κ3) is 3.11. The lowest BCUT2D eigenvalue weighted by molar-refractivity contribution is 0.103. The van der Waals surface area contributed by atoms with E-state index in [1.807, 2.05) is 6.92 Å². The molecule has 0 saturated carbocycles. The highest BCUT2D eigenvalue weighted by molar-refractivity contribution is 6.31. The number of halogens is 1. The first-order chi connectivity index (χ1) is 10.1. The highest BCUT2D eigenvalue weighted by atomic mass is 35.5. The SMILES string of the molecule is CCOc1cccc(N)c1C(=O)c1cc(Cl)ccc1OC. The molecule has 0 saturated heterocycles. The molecule has 0 atom stereocenters. The maximum atomic E-state index is 12.8. The van der Waals surface area contributed by atoms with Crippen molar-refractivity contribution in [1.29, 1.82) is 0 Å². The van der Waals surface area contributed by atoms with Crippen LogP contribution < -0.4 is 15.2 Å². The summed E-state index contributed by atoms with van der Waals surface area (Å²) < 4.78 is 10.7. The molecule has 2 N–H and O–H groups in total. The van der Waals surface area contributed by atoms with Crippen molar-refractivity contribution in [3.05, 3.63) is 52.5 Å². The first-order valence-corrected chi connectivity index (χ1v) is 6.85. The van der Waals surface area contributed by atoms with E-state index < -0.39 is 0 Å². The van der Waals surface area contributed by atoms with Crippen LogP contribution >= 0.6 is 11.6 Å². The molecule has 0 bridgehead atoms. The van der Waals surface area contributed by atoms with Crippen molar-refractivity contribution in [2.75, 3.05) is 19.5 Å². The monoisotopic (exact) mass is 305 g/mol. The number of hydrogen-bond donors (Lipinski definition) is 1. The number of anilines is 1. The molecule has 0 radical (unpaired) electrons. The van der Waals surface area contributed by atoms with Gasteiger partial charge in [-0.3, -0.25) is 4.79 Å². The zero-order chi connectivity index (χ0) is 15.4. The van der Waals surface area contributed by atoms with E-state index in [0.717, 1.165) is 0 Å². The van der Waals surface area contributed by atoms with Crippen LogP contribution in [-0.4, -0.2) is 19.5 Å². The molecule has 0 unspecified atom stereocenters. The molecule has 0 heterocycles. The molecule has 0 aliphatic heterocycles. The molecule has 110 valence electrons. The summed E-state index contributed by atoms with van der Waals surface area (Å²) in [6, 6.07) is 9.98. The maximum Gasteiger partial charge on any atom is 0.202 e. The molecule has 0 spiro atoms. The van der Waals surface area contributed by atoms with Crippen LogP contribution in [0.4, 0.5) is 5.69 Å². The van der Waals surface area contributed by atoms with E-state index in [9.17, 15) is 4.79 Å². The Bertz CT molecular complexity index is 671. The summed E-state index contributed by atoms with van der Waals surface area (Å²) in [5.74, 6) is 0.607. The summed E-state index contributed by atoms with van der Waals surface area (Å²) in [4.78, 5) is 12.8. The molecule has 5 heteroatoms. The predicted molar refractivity (Wildman–Crippen MR) is 83.5 cm³/mol. The van der Waals surface area contributed by atoms with E-state index in [1.54, 1.807) is 36.4 Å². The Morgan fingerprint density at radius 3 is 2.67 bits per heavy atom. The molecular weight excluding hydrogens is 290 g/mol. The lowest BCUT2D eigenvalue weighted by atomic mass is 10.00. The smallest absolute Gasteiger partial charge is 0.202 e. The van der Waals surface area contributed by atoms with Gasteiger partial charge in [-0.05, 0) is 37.3 Å². The summed E-state index contributed by atoms with van der Waals surface area (Å²) >= 11 is 5.98. The van der Waals surface area contributed by atoms with Crippen LogP contribution in [0.1, 0.15) is 22.8 Å². The number of methoxy groups -OCH3 is 1. The topological polar surface area (TPSA) is 61.5 Å². The fourth-order valence-corrected chi connectivity index (χ4v) is 2.23. The molecule has 2 aromatic carbocycles. The minimum absolute atomic E-state index is 0.282. The first-order valence-electron chi connectivity index (χ1n) is 6.48. The van der Waals surface area contributed by atoms with Crippen LogP contribution in [0.5, 0.6) is 11.5 Å². The minimum atomic E-state index is -0.282. The normalized spacial score (nSPS) is 10.2. The van der Waals surface area contributed by atoms with Crippen LogP contribution in [-0.2, 0) is 0 Å². The number of nitrogen functional groups attached to an aromatic ring is 1. The van der Waals surface area contributed by atoms with Crippen molar-refractivity contribution in [2.45, 2.75) is 6.92 Å². The fraction of sp³-hybridized carbons (Fsp3) is 0.188. The summed E-state index contributed by atoms with van der Waals surface area (Å²) in [6.45, 7) is 2.29. The van der Waals surface area contributed by atoms with Crippen LogP contribution in [0, 0.1) is 0 Å². The summed E-state index contributed by atoms with van der Waals surface area (Å²) in [7, 11) is 1.50. The van der Waals surface area contributed by atoms with Crippen LogP contribution in [0.25, 0.3) is 0 Å². The molecule has 0 aromatic heterocycles. The summed E-state index contributed by atoms with van der Waals surface area (Å²) in [5, 5.41) is 0.451. The first kappa shape index (κ1) is 15.2. The van der Waals surface area contributed by atoms with Gasteiger partial charge in [0.15, 0.2) is 0 Å². The number of nitrogens with two attached hydrogens (primary N) is 1. The largest absolute Gasteiger partial charge is 0.496 e. The van der Waals surface area contributed by atoms with Gasteiger partial charge in [0.1, 0.15) is 11.5 Å². The zero-order valence-corrected chi connectivity index (χ0v) is 12.6. The molecule has 0 aliphatic rings. The van der Waals surface area contributed by atoms with E-state index in [0.29, 0.717) is 39.9 Å². The van der Waals surface area contributed by atoms with Gasteiger partial charge in [0, 0.05) is 10.7 Å². The predicted octanol–water partition coefficient (Wildman–Crippen LogP) is 3.56. The Morgan fingerprint density at radius 2 is 2.00 bits per heavy atom. The van der Waals surface area contributed by atoms with Gasteiger partial charge in [-0.25, -0.2) is 0 Å². The molecular formula is C16H16ClNO3. The second-order valence-electron chi connectivity index (χ2n) is 4.33. The average molecular weight is 306 g/mol. The third-order valence-corrected chi connectivity index (χ3v) is 3.23. The molecule has 2 aromatic rings. The van der Waals surface area contributed by atoms with Gasteiger partial charge in [-0.2, -0.15) is 0 Å². The zero-order valence-electron chi connectivity index (χ0n) is 11.9. The number of benzene rings is 2. The minimum Gasteiger partial charge on any atom is -0.496 e. The van der Waals surface area contributed by atoms with Gasteiger partial charge < -0.3 is 15.2 Å². The number of hydrogen-bond acceptors (Lipinski definition) is 4. The third-order valence-electron chi connectivity index (χ3n) is 2.99. The van der Waals surface area contributed by atoms with Crippen molar-refractivity contribution in [2.24, 2.45) is 0 Å². The number of carbonyl (C=O) groups is 1. The average Bonchev–Trinajstić information content (AvgIpc) is 2.47. The quantitative estimate of drug-likeness (QED) is 0.677. The number of ketones is 1. The fourth-order valence-electron chi connectivity index (χ4n) is 2.06. The van der Waals surface area contributed by atoms with Gasteiger partial charge in [0.2, 0.25) is 5.78 Å². The van der Waals surface area contributed by atoms with Gasteiger partial charge in [-0.15, -0.1) is 0 Å². The number of rotatable bonds is 5. The van der Waals surface area contributed by atoms with Crippen LogP contribution in [0.2, 0.25) is 5.02 Å². The highest BCUT2D eigenvalue weighted by Gasteiger charge is 2.21. The van der Waals surface area contributed by atoms with Gasteiger partial charge in [-0.1, -0.05) is 17.7 Å². The Hall–Kier alpha value is -2.20. The van der Waals surface area contributed by atoms with E-state index in [2.05, 4.69) is 0 Å². The van der Waals surface area contributed by atoms with Crippen molar-refractivity contribution in [1.82, 2.24) is 0 Å². The van der Waals surface area contributed by atoms with E-state index in [1.165, 1.54) is 7.11 Å². The standard InChI is InChI=1S/C16H16ClNO3/c1-3-21-14-6-4-5-12(18)15(14)16(19)11-9-10(17)7-8-13(11)20-2/h4-9H,3,18H2,1-2H3. The Kier molecular flexibility index (Phi) is 4.70. The molecule has 0 aliphatic carbocycles. The molecule has 0 fully saturated rings. The van der Waals surface area contributed by atoms with E-state index in [-0.39, 0.29) is 5.78 Å². The van der Waals surface area contributed by atoms with Gasteiger partial charge in [0.25, 0.3) is 0 Å². The molecule has 0 amide bonds. The van der Waals surface area contributed by atoms with Gasteiger partial charge in [0.05, 0.1) is 24.8 Å². The van der Waals surface area contributed by atoms with Crippen LogP contribution in [0.3, 0.4) is 0 Å². The van der Waals surface area contributed by atoms with Crippen molar-refractivity contribution >= 4 is 23.1 Å². The maximum absolute atomic E-state index is 12.8. The second kappa shape index (κ2) is 6.50.